The van der Waals surface area contributed by atoms with Crippen LogP contribution in [0.1, 0.15) is 12.0 Å². The van der Waals surface area contributed by atoms with E-state index in [0.717, 1.165) is 27.9 Å². The number of rotatable bonds is 3. The number of benzene rings is 2. The normalized spacial score (nSPS) is 13.9. The molecule has 1 aliphatic rings. The molecule has 3 aromatic heterocycles. The van der Waals surface area contributed by atoms with Gasteiger partial charge < -0.3 is 4.98 Å². The molecule has 4 heterocycles. The summed E-state index contributed by atoms with van der Waals surface area (Å²) in [6.45, 7) is 0.359. The van der Waals surface area contributed by atoms with E-state index in [1.54, 1.807) is 6.07 Å². The number of anilines is 1. The average molecular weight is 492 g/mol. The Labute approximate surface area is 197 Å². The number of hydrogen-bond donors (Lipinski definition) is 1. The first kappa shape index (κ1) is 20.8. The molecule has 6 rings (SSSR count). The van der Waals surface area contributed by atoms with E-state index in [0.29, 0.717) is 39.2 Å². The number of nitrogens with one attached hydrogen (secondary N) is 1. The van der Waals surface area contributed by atoms with Gasteiger partial charge in [-0.3, -0.25) is 9.10 Å². The third kappa shape index (κ3) is 3.08. The number of para-hydroxylation sites is 1. The number of hydrogen-bond acceptors (Lipinski definition) is 7. The SMILES string of the molecule is O=c1[nH]c2c(sc3nccnc32)c(=O)n1-c1cccc(S(=O)(=O)N2CCCc3ccccc32)c1. The van der Waals surface area contributed by atoms with Crippen molar-refractivity contribution in [2.75, 3.05) is 10.8 Å². The van der Waals surface area contributed by atoms with Crippen molar-refractivity contribution in [3.63, 3.8) is 0 Å². The van der Waals surface area contributed by atoms with Gasteiger partial charge in [-0.05, 0) is 42.7 Å². The second-order valence-corrected chi connectivity index (χ2v) is 10.8. The van der Waals surface area contributed by atoms with E-state index in [1.807, 2.05) is 18.2 Å². The lowest BCUT2D eigenvalue weighted by Gasteiger charge is -2.30. The third-order valence-electron chi connectivity index (χ3n) is 5.89. The maximum absolute atomic E-state index is 13.6. The molecule has 0 saturated heterocycles. The van der Waals surface area contributed by atoms with Crippen LogP contribution in [0.4, 0.5) is 5.69 Å². The molecular formula is C23H17N5O4S2. The van der Waals surface area contributed by atoms with Crippen LogP contribution in [0.5, 0.6) is 0 Å². The molecule has 0 bridgehead atoms. The van der Waals surface area contributed by atoms with E-state index in [-0.39, 0.29) is 10.6 Å². The maximum Gasteiger partial charge on any atom is 0.333 e. The molecule has 2 aromatic carbocycles. The number of sulfonamides is 1. The average Bonchev–Trinajstić information content (AvgIpc) is 3.23. The molecule has 9 nitrogen and oxygen atoms in total. The Kier molecular flexibility index (Phi) is 4.64. The molecule has 0 fully saturated rings. The number of aromatic amines is 1. The Morgan fingerprint density at radius 2 is 1.82 bits per heavy atom. The second kappa shape index (κ2) is 7.61. The number of nitrogens with zero attached hydrogens (tertiary/aromatic N) is 4. The van der Waals surface area contributed by atoms with E-state index in [1.165, 1.54) is 41.0 Å². The largest absolute Gasteiger partial charge is 0.333 e. The summed E-state index contributed by atoms with van der Waals surface area (Å²) in [5, 5.41) is 0. The van der Waals surface area contributed by atoms with E-state index < -0.39 is 21.3 Å². The fourth-order valence-electron chi connectivity index (χ4n) is 4.34. The zero-order valence-electron chi connectivity index (χ0n) is 17.6. The van der Waals surface area contributed by atoms with Gasteiger partial charge >= 0.3 is 5.69 Å². The summed E-state index contributed by atoms with van der Waals surface area (Å²) in [4.78, 5) is 37.9. The minimum absolute atomic E-state index is 0.00720. The number of thiophene rings is 1. The van der Waals surface area contributed by atoms with Gasteiger partial charge in [-0.15, -0.1) is 11.3 Å². The molecule has 0 aliphatic carbocycles. The Balaban J connectivity index is 1.51. The molecule has 34 heavy (non-hydrogen) atoms. The number of aryl methyl sites for hydroxylation is 1. The lowest BCUT2D eigenvalue weighted by molar-refractivity contribution is 0.586. The highest BCUT2D eigenvalue weighted by Crippen LogP contribution is 2.32. The van der Waals surface area contributed by atoms with Gasteiger partial charge in [-0.25, -0.2) is 27.7 Å². The first-order valence-corrected chi connectivity index (χ1v) is 12.8. The van der Waals surface area contributed by atoms with E-state index in [4.69, 9.17) is 0 Å². The van der Waals surface area contributed by atoms with Gasteiger partial charge in [0.2, 0.25) is 0 Å². The molecule has 5 aromatic rings. The molecule has 0 spiro atoms. The van der Waals surface area contributed by atoms with Gasteiger partial charge in [0.05, 0.1) is 21.8 Å². The second-order valence-electron chi connectivity index (χ2n) is 7.89. The predicted molar refractivity (Wildman–Crippen MR) is 130 cm³/mol. The summed E-state index contributed by atoms with van der Waals surface area (Å²) in [7, 11) is -3.91. The van der Waals surface area contributed by atoms with Crippen molar-refractivity contribution in [3.05, 3.63) is 87.3 Å². The van der Waals surface area contributed by atoms with E-state index in [2.05, 4.69) is 15.0 Å². The first-order chi connectivity index (χ1) is 16.4. The maximum atomic E-state index is 13.6. The van der Waals surface area contributed by atoms with E-state index >= 15 is 0 Å². The van der Waals surface area contributed by atoms with Crippen molar-refractivity contribution in [1.82, 2.24) is 19.5 Å². The lowest BCUT2D eigenvalue weighted by atomic mass is 10.0. The van der Waals surface area contributed by atoms with Crippen molar-refractivity contribution < 1.29 is 8.42 Å². The van der Waals surface area contributed by atoms with Crippen molar-refractivity contribution in [3.8, 4) is 5.69 Å². The van der Waals surface area contributed by atoms with Crippen LogP contribution in [0.3, 0.4) is 0 Å². The summed E-state index contributed by atoms with van der Waals surface area (Å²) < 4.78 is 29.8. The van der Waals surface area contributed by atoms with Crippen LogP contribution in [0.25, 0.3) is 26.3 Å². The fourth-order valence-corrected chi connectivity index (χ4v) is 6.91. The van der Waals surface area contributed by atoms with Gasteiger partial charge in [-0.1, -0.05) is 24.3 Å². The van der Waals surface area contributed by atoms with E-state index in [9.17, 15) is 18.0 Å². The molecule has 0 atom stereocenters. The van der Waals surface area contributed by atoms with Crippen LogP contribution in [-0.2, 0) is 16.4 Å². The zero-order chi connectivity index (χ0) is 23.4. The van der Waals surface area contributed by atoms with Gasteiger partial charge in [0.15, 0.2) is 0 Å². The monoisotopic (exact) mass is 491 g/mol. The minimum atomic E-state index is -3.91. The molecule has 1 aliphatic heterocycles. The molecule has 11 heteroatoms. The van der Waals surface area contributed by atoms with Crippen molar-refractivity contribution >= 4 is 47.6 Å². The van der Waals surface area contributed by atoms with Crippen LogP contribution in [0, 0.1) is 0 Å². The van der Waals surface area contributed by atoms with Gasteiger partial charge in [0.1, 0.15) is 15.0 Å². The third-order valence-corrected chi connectivity index (χ3v) is 8.78. The van der Waals surface area contributed by atoms with Crippen molar-refractivity contribution in [2.45, 2.75) is 17.7 Å². The Bertz CT molecular complexity index is 1820. The van der Waals surface area contributed by atoms with Gasteiger partial charge in [0.25, 0.3) is 15.6 Å². The highest BCUT2D eigenvalue weighted by Gasteiger charge is 2.29. The summed E-state index contributed by atoms with van der Waals surface area (Å²) in [6.07, 6.45) is 4.53. The van der Waals surface area contributed by atoms with Crippen LogP contribution in [-0.4, -0.2) is 34.5 Å². The predicted octanol–water partition coefficient (Wildman–Crippen LogP) is 2.83. The van der Waals surface area contributed by atoms with Crippen LogP contribution in [0.15, 0.2) is 75.4 Å². The molecule has 0 unspecified atom stereocenters. The minimum Gasteiger partial charge on any atom is -0.304 e. The summed E-state index contributed by atoms with van der Waals surface area (Å²) in [5.41, 5.74) is 1.33. The first-order valence-electron chi connectivity index (χ1n) is 10.5. The molecule has 0 amide bonds. The van der Waals surface area contributed by atoms with Crippen molar-refractivity contribution in [1.29, 1.82) is 0 Å². The number of aromatic nitrogens is 4. The quantitative estimate of drug-likeness (QED) is 0.415. The molecule has 170 valence electrons. The highest BCUT2D eigenvalue weighted by atomic mass is 32.2. The van der Waals surface area contributed by atoms with Crippen molar-refractivity contribution in [2.24, 2.45) is 0 Å². The number of H-pyrrole nitrogens is 1. The van der Waals surface area contributed by atoms with Crippen LogP contribution < -0.4 is 15.6 Å². The van der Waals surface area contributed by atoms with Crippen LogP contribution >= 0.6 is 11.3 Å². The standard InChI is InChI=1S/C23H17N5O4S2/c29-22-20-18(19-21(33-20)25-11-10-24-19)26-23(30)28(22)15-7-3-8-16(13-15)34(31,32)27-12-4-6-14-5-1-2-9-17(14)27/h1-3,5,7-11,13H,4,6,12H2,(H,26,30). The summed E-state index contributed by atoms with van der Waals surface area (Å²) >= 11 is 1.13. The topological polar surface area (TPSA) is 118 Å². The Morgan fingerprint density at radius 3 is 2.71 bits per heavy atom. The molecular weight excluding hydrogens is 474 g/mol. The molecule has 0 saturated carbocycles. The Hall–Kier alpha value is -3.83. The van der Waals surface area contributed by atoms with Gasteiger partial charge in [-0.2, -0.15) is 0 Å². The lowest BCUT2D eigenvalue weighted by Crippen LogP contribution is -2.36. The fraction of sp³-hybridized carbons (Fsp3) is 0.130. The zero-order valence-corrected chi connectivity index (χ0v) is 19.3. The molecule has 0 radical (unpaired) electrons. The molecule has 1 N–H and O–H groups in total. The smallest absolute Gasteiger partial charge is 0.304 e. The Morgan fingerprint density at radius 1 is 1.00 bits per heavy atom. The summed E-state index contributed by atoms with van der Waals surface area (Å²) in [6, 6.07) is 13.3. The van der Waals surface area contributed by atoms with Gasteiger partial charge in [0, 0.05) is 18.9 Å². The summed E-state index contributed by atoms with van der Waals surface area (Å²) in [5.74, 6) is 0. The highest BCUT2D eigenvalue weighted by molar-refractivity contribution is 7.92. The number of fused-ring (bicyclic) bond motifs is 4. The van der Waals surface area contributed by atoms with Crippen LogP contribution in [0.2, 0.25) is 0 Å².